The maximum atomic E-state index is 12.3. The van der Waals surface area contributed by atoms with E-state index in [2.05, 4.69) is 0 Å². The molecule has 122 valence electrons. The molecule has 1 fully saturated rings. The molecule has 1 aromatic heterocycles. The Bertz CT molecular complexity index is 751. The fourth-order valence-corrected chi connectivity index (χ4v) is 3.70. The van der Waals surface area contributed by atoms with E-state index in [1.807, 2.05) is 24.3 Å². The van der Waals surface area contributed by atoms with Crippen LogP contribution in [0.3, 0.4) is 0 Å². The van der Waals surface area contributed by atoms with Gasteiger partial charge in [-0.2, -0.15) is 0 Å². The molecule has 3 rings (SSSR count). The van der Waals surface area contributed by atoms with Gasteiger partial charge in [0.25, 0.3) is 0 Å². The first kappa shape index (κ1) is 16.0. The van der Waals surface area contributed by atoms with Crippen molar-refractivity contribution < 1.29 is 9.21 Å². The Labute approximate surface area is 136 Å². The monoisotopic (exact) mass is 312 g/mol. The van der Waals surface area contributed by atoms with Crippen molar-refractivity contribution in [2.24, 2.45) is 5.92 Å². The van der Waals surface area contributed by atoms with Crippen LogP contribution >= 0.6 is 0 Å². The molecule has 0 N–H and O–H groups in total. The summed E-state index contributed by atoms with van der Waals surface area (Å²) in [7, 11) is 0. The molecule has 1 aliphatic rings. The molecular formula is C20H24O3. The number of hydrogen-bond donors (Lipinski definition) is 0. The maximum Gasteiger partial charge on any atom is 0.343 e. The normalized spacial score (nSPS) is 15.9. The smallest absolute Gasteiger partial charge is 0.343 e. The predicted molar refractivity (Wildman–Crippen MR) is 91.8 cm³/mol. The zero-order valence-corrected chi connectivity index (χ0v) is 13.8. The Balaban J connectivity index is 2.01. The average molecular weight is 312 g/mol. The molecule has 0 amide bonds. The topological polar surface area (TPSA) is 47.3 Å². The van der Waals surface area contributed by atoms with Gasteiger partial charge in [-0.3, -0.25) is 0 Å². The van der Waals surface area contributed by atoms with Crippen molar-refractivity contribution in [2.45, 2.75) is 58.3 Å². The lowest BCUT2D eigenvalue weighted by Crippen LogP contribution is -2.14. The van der Waals surface area contributed by atoms with Crippen LogP contribution in [-0.2, 0) is 17.6 Å². The van der Waals surface area contributed by atoms with Crippen LogP contribution in [0.5, 0.6) is 0 Å². The summed E-state index contributed by atoms with van der Waals surface area (Å²) in [4.78, 5) is 23.7. The van der Waals surface area contributed by atoms with Crippen LogP contribution in [0.2, 0.25) is 0 Å². The molecule has 0 aliphatic heterocycles. The Hall–Kier alpha value is -1.90. The second kappa shape index (κ2) is 7.12. The van der Waals surface area contributed by atoms with Crippen molar-refractivity contribution >= 4 is 16.6 Å². The van der Waals surface area contributed by atoms with Crippen molar-refractivity contribution in [3.05, 3.63) is 46.0 Å². The van der Waals surface area contributed by atoms with Gasteiger partial charge >= 0.3 is 5.63 Å². The summed E-state index contributed by atoms with van der Waals surface area (Å²) in [5.74, 6) is 1.58. The van der Waals surface area contributed by atoms with Crippen LogP contribution in [0, 0.1) is 5.92 Å². The van der Waals surface area contributed by atoms with Gasteiger partial charge in [0.1, 0.15) is 11.5 Å². The highest BCUT2D eigenvalue weighted by atomic mass is 16.4. The third kappa shape index (κ3) is 3.72. The molecule has 1 saturated carbocycles. The van der Waals surface area contributed by atoms with E-state index in [4.69, 9.17) is 4.42 Å². The summed E-state index contributed by atoms with van der Waals surface area (Å²) >= 11 is 0. The summed E-state index contributed by atoms with van der Waals surface area (Å²) in [6.07, 6.45) is 8.25. The highest BCUT2D eigenvalue weighted by Crippen LogP contribution is 2.30. The summed E-state index contributed by atoms with van der Waals surface area (Å²) in [6, 6.07) is 7.59. The fraction of sp³-hybridized carbons (Fsp3) is 0.500. The van der Waals surface area contributed by atoms with Gasteiger partial charge in [0, 0.05) is 12.8 Å². The SMILES string of the molecule is CC(=O)CCc1c(CC2CCCCC2)oc(=O)c2ccccc12. The summed E-state index contributed by atoms with van der Waals surface area (Å²) in [5, 5.41) is 1.58. The van der Waals surface area contributed by atoms with Crippen LogP contribution in [0.4, 0.5) is 0 Å². The maximum absolute atomic E-state index is 12.3. The second-order valence-electron chi connectivity index (χ2n) is 6.75. The van der Waals surface area contributed by atoms with E-state index in [1.54, 1.807) is 6.92 Å². The Morgan fingerprint density at radius 1 is 1.13 bits per heavy atom. The van der Waals surface area contributed by atoms with Gasteiger partial charge in [-0.15, -0.1) is 0 Å². The lowest BCUT2D eigenvalue weighted by molar-refractivity contribution is -0.116. The number of rotatable bonds is 5. The molecule has 0 spiro atoms. The minimum Gasteiger partial charge on any atom is -0.427 e. The third-order valence-electron chi connectivity index (χ3n) is 4.95. The fourth-order valence-electron chi connectivity index (χ4n) is 3.70. The van der Waals surface area contributed by atoms with E-state index >= 15 is 0 Å². The molecular weight excluding hydrogens is 288 g/mol. The van der Waals surface area contributed by atoms with Crippen LogP contribution < -0.4 is 5.63 Å². The highest BCUT2D eigenvalue weighted by Gasteiger charge is 2.20. The quantitative estimate of drug-likeness (QED) is 0.820. The van der Waals surface area contributed by atoms with Gasteiger partial charge in [-0.05, 0) is 36.3 Å². The predicted octanol–water partition coefficient (Wildman–Crippen LogP) is 4.44. The lowest BCUT2D eigenvalue weighted by Gasteiger charge is -2.22. The largest absolute Gasteiger partial charge is 0.427 e. The minimum absolute atomic E-state index is 0.170. The van der Waals surface area contributed by atoms with E-state index in [0.717, 1.165) is 23.1 Å². The Kier molecular flexibility index (Phi) is 4.94. The molecule has 0 bridgehead atoms. The molecule has 3 heteroatoms. The average Bonchev–Trinajstić information content (AvgIpc) is 2.55. The standard InChI is InChI=1S/C20H24O3/c1-14(21)11-12-17-16-9-5-6-10-18(16)20(22)23-19(17)13-15-7-3-2-4-8-15/h5-6,9-10,15H,2-4,7-8,11-13H2,1H3. The molecule has 0 atom stereocenters. The molecule has 3 nitrogen and oxygen atoms in total. The number of benzene rings is 1. The van der Waals surface area contributed by atoms with Crippen LogP contribution in [-0.4, -0.2) is 5.78 Å². The van der Waals surface area contributed by atoms with Gasteiger partial charge in [-0.1, -0.05) is 50.3 Å². The molecule has 0 saturated heterocycles. The molecule has 2 aromatic rings. The number of fused-ring (bicyclic) bond motifs is 1. The highest BCUT2D eigenvalue weighted by molar-refractivity contribution is 5.85. The summed E-state index contributed by atoms with van der Waals surface area (Å²) < 4.78 is 5.69. The van der Waals surface area contributed by atoms with Gasteiger partial charge < -0.3 is 9.21 Å². The third-order valence-corrected chi connectivity index (χ3v) is 4.95. The van der Waals surface area contributed by atoms with Gasteiger partial charge in [0.2, 0.25) is 0 Å². The van der Waals surface area contributed by atoms with E-state index in [0.29, 0.717) is 24.1 Å². The van der Waals surface area contributed by atoms with Crippen LogP contribution in [0.25, 0.3) is 10.8 Å². The Morgan fingerprint density at radius 3 is 2.52 bits per heavy atom. The number of Topliss-reactive ketones (excluding diaryl/α,β-unsaturated/α-hetero) is 1. The molecule has 23 heavy (non-hydrogen) atoms. The van der Waals surface area contributed by atoms with Crippen molar-refractivity contribution in [1.82, 2.24) is 0 Å². The number of ketones is 1. The molecule has 1 heterocycles. The van der Waals surface area contributed by atoms with Crippen molar-refractivity contribution in [2.75, 3.05) is 0 Å². The van der Waals surface area contributed by atoms with Crippen LogP contribution in [0.15, 0.2) is 33.5 Å². The van der Waals surface area contributed by atoms with Crippen molar-refractivity contribution in [3.63, 3.8) is 0 Å². The first-order chi connectivity index (χ1) is 11.1. The number of aryl methyl sites for hydroxylation is 1. The van der Waals surface area contributed by atoms with E-state index < -0.39 is 0 Å². The minimum atomic E-state index is -0.252. The number of carbonyl (C=O) groups excluding carboxylic acids is 1. The van der Waals surface area contributed by atoms with Gasteiger partial charge in [-0.25, -0.2) is 4.79 Å². The van der Waals surface area contributed by atoms with E-state index in [-0.39, 0.29) is 11.4 Å². The lowest BCUT2D eigenvalue weighted by atomic mass is 9.85. The van der Waals surface area contributed by atoms with Crippen LogP contribution in [0.1, 0.15) is 56.8 Å². The summed E-state index contributed by atoms with van der Waals surface area (Å²) in [5.41, 5.74) is 0.805. The molecule has 0 radical (unpaired) electrons. The first-order valence-corrected chi connectivity index (χ1v) is 8.68. The van der Waals surface area contributed by atoms with Gasteiger partial charge in [0.15, 0.2) is 0 Å². The zero-order chi connectivity index (χ0) is 16.2. The van der Waals surface area contributed by atoms with Crippen molar-refractivity contribution in [3.8, 4) is 0 Å². The second-order valence-corrected chi connectivity index (χ2v) is 6.75. The van der Waals surface area contributed by atoms with E-state index in [9.17, 15) is 9.59 Å². The zero-order valence-electron chi connectivity index (χ0n) is 13.8. The number of hydrogen-bond acceptors (Lipinski definition) is 3. The summed E-state index contributed by atoms with van der Waals surface area (Å²) in [6.45, 7) is 1.61. The molecule has 1 aliphatic carbocycles. The first-order valence-electron chi connectivity index (χ1n) is 8.68. The van der Waals surface area contributed by atoms with E-state index in [1.165, 1.54) is 32.1 Å². The molecule has 0 unspecified atom stereocenters. The number of carbonyl (C=O) groups is 1. The van der Waals surface area contributed by atoms with Gasteiger partial charge in [0.05, 0.1) is 5.39 Å². The van der Waals surface area contributed by atoms with Crippen molar-refractivity contribution in [1.29, 1.82) is 0 Å². The Morgan fingerprint density at radius 2 is 1.83 bits per heavy atom. The molecule has 1 aromatic carbocycles.